The molecule has 2 amide bonds. The largest absolute Gasteiger partial charge is 0.341 e. The monoisotopic (exact) mass is 1720 g/mol. The molecule has 0 aliphatic rings. The molecule has 10 aromatic carbocycles. The Kier molecular flexibility index (Phi) is 29.9. The first-order chi connectivity index (χ1) is 59.3. The number of oxime groups is 4. The molecule has 2 unspecified atom stereocenters. The molecule has 4 heterocycles. The number of fused-ring (bicyclic) bond motifs is 9. The van der Waals surface area contributed by atoms with Crippen LogP contribution in [0.25, 0.3) is 82.3 Å². The molecule has 25 nitrogen and oxygen atoms in total. The molecule has 0 spiro atoms. The lowest BCUT2D eigenvalue weighted by Gasteiger charge is -2.29. The minimum absolute atomic E-state index is 0.00193. The van der Waals surface area contributed by atoms with Gasteiger partial charge >= 0.3 is 35.8 Å². The molecule has 14 aromatic rings. The lowest BCUT2D eigenvalue weighted by Crippen LogP contribution is -2.39. The molecular formula is C96H87N7O18S3. The number of hydrogen-bond donors (Lipinski definition) is 0. The molecule has 124 heavy (non-hydrogen) atoms. The normalized spacial score (nSPS) is 12.1. The third kappa shape index (κ3) is 22.1. The maximum absolute atomic E-state index is 13.4. The minimum atomic E-state index is -0.793. The van der Waals surface area contributed by atoms with Gasteiger partial charge in [-0.25, -0.2) is 19.2 Å². The summed E-state index contributed by atoms with van der Waals surface area (Å²) in [7, 11) is 0. The van der Waals surface area contributed by atoms with Crippen LogP contribution in [0.3, 0.4) is 0 Å². The van der Waals surface area contributed by atoms with Crippen LogP contribution in [-0.2, 0) is 73.9 Å². The van der Waals surface area contributed by atoms with E-state index in [2.05, 4.69) is 55.6 Å². The highest BCUT2D eigenvalue weighted by atomic mass is 32.1. The molecule has 632 valence electrons. The van der Waals surface area contributed by atoms with Gasteiger partial charge in [0.05, 0.1) is 29.4 Å². The van der Waals surface area contributed by atoms with Gasteiger partial charge in [0.2, 0.25) is 0 Å². The number of carbonyl (C=O) groups excluding carboxylic acids is 9. The lowest BCUT2D eigenvalue weighted by molar-refractivity contribution is -0.204. The highest BCUT2D eigenvalue weighted by Crippen LogP contribution is 2.36. The Morgan fingerprint density at radius 2 is 0.790 bits per heavy atom. The SMILES string of the molecule is CC(=O)O/N=C(\C)c1ccc2sc3ccccc3c(=O)c2c1.CC(=O)O/N=C(\CC(c1ccc(C(C)C)cc1)N(OC(C)=O)C(C)=O)c1ccc2sc3ccccc3c(=O)c2c1.CC(=O)O/N=C/c1ccc2sc3ccccc3c(=O)c2c1.CCn1c2ccc(C(=O)c3ccccc3C)cc2c2cc(/C(CC(C)N(OC(C)=O)C(C)=O)=N\OC(C)=O)ccc21. The van der Waals surface area contributed by atoms with E-state index in [0.29, 0.717) is 95.3 Å². The number of hydroxylamine groups is 4. The minimum Gasteiger partial charge on any atom is -0.341 e. The number of aryl methyl sites for hydroxylation is 2. The first-order valence-corrected chi connectivity index (χ1v) is 41.7. The molecule has 14 rings (SSSR count). The number of ketones is 1. The van der Waals surface area contributed by atoms with Gasteiger partial charge in [-0.05, 0) is 165 Å². The average Bonchev–Trinajstić information content (AvgIpc) is 1.57. The van der Waals surface area contributed by atoms with Crippen molar-refractivity contribution >= 4 is 193 Å². The quantitative estimate of drug-likeness (QED) is 0.0239. The van der Waals surface area contributed by atoms with Crippen molar-refractivity contribution in [3.8, 4) is 0 Å². The van der Waals surface area contributed by atoms with E-state index >= 15 is 0 Å². The fourth-order valence-electron chi connectivity index (χ4n) is 13.7. The van der Waals surface area contributed by atoms with Gasteiger partial charge in [0.15, 0.2) is 22.1 Å². The van der Waals surface area contributed by atoms with Gasteiger partial charge in [0.1, 0.15) is 6.04 Å². The third-order valence-corrected chi connectivity index (χ3v) is 23.0. The van der Waals surface area contributed by atoms with Gasteiger partial charge in [0.25, 0.3) is 11.8 Å². The Balaban J connectivity index is 0.000000168. The van der Waals surface area contributed by atoms with Crippen LogP contribution in [0.1, 0.15) is 170 Å². The average molecular weight is 1720 g/mol. The van der Waals surface area contributed by atoms with Crippen molar-refractivity contribution in [1.82, 2.24) is 14.7 Å². The lowest BCUT2D eigenvalue weighted by atomic mass is 9.94. The number of hydrogen-bond acceptors (Lipinski definition) is 25. The third-order valence-electron chi connectivity index (χ3n) is 19.6. The van der Waals surface area contributed by atoms with Crippen LogP contribution >= 0.6 is 34.0 Å². The molecule has 0 aliphatic carbocycles. The molecule has 0 aliphatic heterocycles. The second-order valence-corrected chi connectivity index (χ2v) is 32.3. The fraction of sp³-hybridized carbons (Fsp3) is 0.208. The number of amides is 2. The van der Waals surface area contributed by atoms with Gasteiger partial charge in [-0.1, -0.05) is 144 Å². The summed E-state index contributed by atoms with van der Waals surface area (Å²) in [6, 6.07) is 64.1. The van der Waals surface area contributed by atoms with Crippen molar-refractivity contribution in [3.05, 3.63) is 293 Å². The summed E-state index contributed by atoms with van der Waals surface area (Å²) in [6.07, 6.45) is 1.58. The highest BCUT2D eigenvalue weighted by molar-refractivity contribution is 7.25. The Morgan fingerprint density at radius 1 is 0.395 bits per heavy atom. The molecule has 0 saturated heterocycles. The van der Waals surface area contributed by atoms with Gasteiger partial charge in [-0.2, -0.15) is 10.1 Å². The first-order valence-electron chi connectivity index (χ1n) is 39.3. The molecule has 4 aromatic heterocycles. The van der Waals surface area contributed by atoms with E-state index in [1.54, 1.807) is 66.9 Å². The van der Waals surface area contributed by atoms with Gasteiger partial charge < -0.3 is 33.6 Å². The van der Waals surface area contributed by atoms with Crippen molar-refractivity contribution in [1.29, 1.82) is 0 Å². The number of nitrogens with zero attached hydrogens (tertiary/aromatic N) is 7. The Hall–Kier alpha value is -14.2. The molecule has 28 heteroatoms. The molecule has 0 N–H and O–H groups in total. The van der Waals surface area contributed by atoms with E-state index in [4.69, 9.17) is 19.4 Å². The Labute approximate surface area is 723 Å². The zero-order chi connectivity index (χ0) is 89.3. The summed E-state index contributed by atoms with van der Waals surface area (Å²) in [6.45, 7) is 22.4. The van der Waals surface area contributed by atoms with E-state index in [1.165, 1.54) is 72.9 Å². The van der Waals surface area contributed by atoms with Crippen LogP contribution in [0.5, 0.6) is 0 Å². The van der Waals surface area contributed by atoms with E-state index in [1.807, 2.05) is 189 Å². The van der Waals surface area contributed by atoms with Crippen molar-refractivity contribution in [2.75, 3.05) is 0 Å². The summed E-state index contributed by atoms with van der Waals surface area (Å²) < 4.78 is 7.63. The van der Waals surface area contributed by atoms with Crippen molar-refractivity contribution in [2.24, 2.45) is 20.6 Å². The van der Waals surface area contributed by atoms with E-state index < -0.39 is 59.7 Å². The number of carbonyl (C=O) groups is 9. The Bertz CT molecular complexity index is 6880. The molecule has 0 saturated carbocycles. The van der Waals surface area contributed by atoms with Crippen LogP contribution in [0.4, 0.5) is 0 Å². The molecule has 0 radical (unpaired) electrons. The summed E-state index contributed by atoms with van der Waals surface area (Å²) in [4.78, 5) is 175. The highest BCUT2D eigenvalue weighted by Gasteiger charge is 2.31. The molecule has 0 bridgehead atoms. The van der Waals surface area contributed by atoms with Crippen molar-refractivity contribution in [2.45, 2.75) is 134 Å². The van der Waals surface area contributed by atoms with Gasteiger partial charge in [0, 0.05) is 179 Å². The van der Waals surface area contributed by atoms with Crippen molar-refractivity contribution in [3.63, 3.8) is 0 Å². The van der Waals surface area contributed by atoms with Crippen LogP contribution in [0.2, 0.25) is 0 Å². The maximum atomic E-state index is 13.4. The van der Waals surface area contributed by atoms with Crippen LogP contribution < -0.4 is 16.3 Å². The van der Waals surface area contributed by atoms with E-state index in [-0.39, 0.29) is 34.9 Å². The predicted molar refractivity (Wildman–Crippen MR) is 487 cm³/mol. The van der Waals surface area contributed by atoms with Crippen LogP contribution in [-0.4, -0.2) is 97.5 Å². The van der Waals surface area contributed by atoms with Crippen LogP contribution in [0, 0.1) is 6.92 Å². The standard InChI is InChI=1S/C32H33N3O6.C31H30N2O6S.C17H13NO3S.C16H11NO3S/c1-7-34-30-14-12-24(29(33-40-22(5)37)16-20(3)35(21(4)36)41-23(6)38)17-27(30)28-18-25(13-15-31(28)34)32(39)26-11-9-8-10-19(26)2;1-18(2)22-10-12-23(13-11-22)28(33(19(3)34)39-21(5)36)17-27(32-38-20(4)35)24-14-15-30-26(16-24)31(37)25-8-6-7-9-29(25)40-30;1-10(18-21-11(2)19)12-7-8-16-14(9-12)17(20)13-5-3-4-6-15(13)22-16;1-10(18)20-17-9-11-6-7-15-13(8-11)16(19)12-4-2-3-5-14(12)21-15/h8-15,17-18,20H,7,16H2,1-6H3;6-16,18,28H,17H2,1-5H3;3-9H,1-2H3;2-9H,1H3/b33-29-;32-27+;18-10+;17-9+. The summed E-state index contributed by atoms with van der Waals surface area (Å²) in [5.41, 5.74) is 9.65. The summed E-state index contributed by atoms with van der Waals surface area (Å²) in [5.74, 6) is -4.17. The number of aromatic nitrogens is 1. The van der Waals surface area contributed by atoms with Crippen molar-refractivity contribution < 1.29 is 72.2 Å². The molecule has 0 fully saturated rings. The predicted octanol–water partition coefficient (Wildman–Crippen LogP) is 19.0. The zero-order valence-corrected chi connectivity index (χ0v) is 72.8. The van der Waals surface area contributed by atoms with Gasteiger partial charge in [-0.3, -0.25) is 38.4 Å². The maximum Gasteiger partial charge on any atom is 0.331 e. The molecule has 2 atom stereocenters. The first kappa shape index (κ1) is 90.5. The Morgan fingerprint density at radius 3 is 1.27 bits per heavy atom. The summed E-state index contributed by atoms with van der Waals surface area (Å²) >= 11 is 4.65. The smallest absolute Gasteiger partial charge is 0.331 e. The molecular weight excluding hydrogens is 1640 g/mol. The van der Waals surface area contributed by atoms with Crippen LogP contribution in [0.15, 0.2) is 247 Å². The van der Waals surface area contributed by atoms with E-state index in [9.17, 15) is 57.5 Å². The second kappa shape index (κ2) is 40.9. The second-order valence-electron chi connectivity index (χ2n) is 29.1. The summed E-state index contributed by atoms with van der Waals surface area (Å²) in [5, 5.41) is 23.1. The number of benzene rings is 10. The van der Waals surface area contributed by atoms with E-state index in [0.717, 1.165) is 76.8 Å². The fourth-order valence-corrected chi connectivity index (χ4v) is 16.9. The number of rotatable bonds is 19. The topological polar surface area (TPSA) is 321 Å². The zero-order valence-electron chi connectivity index (χ0n) is 70.3. The van der Waals surface area contributed by atoms with Gasteiger partial charge in [-0.15, -0.1) is 34.0 Å².